The Hall–Kier alpha value is -3.30. The molecule has 0 saturated heterocycles. The van der Waals surface area contributed by atoms with Gasteiger partial charge in [0, 0.05) is 44.0 Å². The van der Waals surface area contributed by atoms with Crippen LogP contribution in [-0.2, 0) is 6.54 Å². The molecule has 1 N–H and O–H groups in total. The number of carbonyl (C=O) groups is 1. The van der Waals surface area contributed by atoms with E-state index in [9.17, 15) is 28.1 Å². The van der Waals surface area contributed by atoms with Crippen LogP contribution < -0.4 is 15.0 Å². The van der Waals surface area contributed by atoms with Crippen LogP contribution in [0.15, 0.2) is 42.5 Å². The zero-order valence-corrected chi connectivity index (χ0v) is 14.4. The number of rotatable bonds is 6. The van der Waals surface area contributed by atoms with Crippen molar-refractivity contribution >= 4 is 17.3 Å². The fourth-order valence-corrected chi connectivity index (χ4v) is 2.35. The van der Waals surface area contributed by atoms with E-state index in [0.29, 0.717) is 5.69 Å². The lowest BCUT2D eigenvalue weighted by Crippen LogP contribution is -2.26. The van der Waals surface area contributed by atoms with Crippen LogP contribution >= 0.6 is 0 Å². The summed E-state index contributed by atoms with van der Waals surface area (Å²) in [5, 5.41) is 13.4. The van der Waals surface area contributed by atoms with Crippen molar-refractivity contribution in [3.8, 4) is 5.75 Å². The monoisotopic (exact) mass is 383 g/mol. The summed E-state index contributed by atoms with van der Waals surface area (Å²) in [6.45, 7) is -0.249. The van der Waals surface area contributed by atoms with E-state index in [2.05, 4.69) is 10.1 Å². The number of amides is 1. The highest BCUT2D eigenvalue weighted by molar-refractivity contribution is 6.00. The van der Waals surface area contributed by atoms with E-state index >= 15 is 0 Å². The quantitative estimate of drug-likeness (QED) is 0.610. The zero-order chi connectivity index (χ0) is 20.2. The Bertz CT molecular complexity index is 854. The number of nitrogens with zero attached hydrogens (tertiary/aromatic N) is 2. The third-order valence-corrected chi connectivity index (χ3v) is 3.56. The number of carbonyl (C=O) groups excluding carboxylic acids is 1. The third kappa shape index (κ3) is 5.33. The van der Waals surface area contributed by atoms with E-state index in [1.165, 1.54) is 30.3 Å². The van der Waals surface area contributed by atoms with Crippen molar-refractivity contribution < 1.29 is 27.6 Å². The van der Waals surface area contributed by atoms with Crippen LogP contribution in [0, 0.1) is 10.1 Å². The fraction of sp³-hybridized carbons (Fsp3) is 0.235. The van der Waals surface area contributed by atoms with E-state index in [4.69, 9.17) is 0 Å². The topological polar surface area (TPSA) is 84.7 Å². The van der Waals surface area contributed by atoms with Crippen LogP contribution in [-0.4, -0.2) is 31.3 Å². The van der Waals surface area contributed by atoms with Crippen LogP contribution in [0.2, 0.25) is 0 Å². The SMILES string of the molecule is CN(C)c1ccc([N+](=O)[O-])cc1C(=O)NCc1ccccc1OC(F)(F)F. The maximum absolute atomic E-state index is 12.5. The molecule has 0 unspecified atom stereocenters. The molecule has 2 rings (SSSR count). The van der Waals surface area contributed by atoms with Gasteiger partial charge in [-0.2, -0.15) is 0 Å². The Labute approximate surface area is 152 Å². The molecule has 0 atom stereocenters. The molecule has 144 valence electrons. The van der Waals surface area contributed by atoms with Crippen molar-refractivity contribution in [3.05, 3.63) is 63.7 Å². The largest absolute Gasteiger partial charge is 0.573 e. The maximum atomic E-state index is 12.5. The number of non-ortho nitro benzene ring substituents is 1. The first-order valence-corrected chi connectivity index (χ1v) is 7.66. The number of para-hydroxylation sites is 1. The predicted molar refractivity (Wildman–Crippen MR) is 91.7 cm³/mol. The minimum atomic E-state index is -4.86. The van der Waals surface area contributed by atoms with Gasteiger partial charge in [-0.1, -0.05) is 18.2 Å². The van der Waals surface area contributed by atoms with Crippen molar-refractivity contribution in [2.24, 2.45) is 0 Å². The van der Waals surface area contributed by atoms with Gasteiger partial charge in [0.2, 0.25) is 0 Å². The van der Waals surface area contributed by atoms with Gasteiger partial charge < -0.3 is 15.0 Å². The Balaban J connectivity index is 2.24. The van der Waals surface area contributed by atoms with Gasteiger partial charge in [-0.05, 0) is 12.1 Å². The van der Waals surface area contributed by atoms with Crippen molar-refractivity contribution in [2.75, 3.05) is 19.0 Å². The molecule has 0 saturated carbocycles. The summed E-state index contributed by atoms with van der Waals surface area (Å²) in [7, 11) is 3.31. The summed E-state index contributed by atoms with van der Waals surface area (Å²) >= 11 is 0. The molecule has 0 aromatic heterocycles. The molecule has 0 aliphatic carbocycles. The lowest BCUT2D eigenvalue weighted by Gasteiger charge is -2.17. The van der Waals surface area contributed by atoms with Gasteiger partial charge in [-0.3, -0.25) is 14.9 Å². The number of hydrogen-bond acceptors (Lipinski definition) is 5. The second-order valence-corrected chi connectivity index (χ2v) is 5.69. The molecule has 0 aliphatic rings. The lowest BCUT2D eigenvalue weighted by atomic mass is 10.1. The number of nitro benzene ring substituents is 1. The summed E-state index contributed by atoms with van der Waals surface area (Å²) in [6, 6.07) is 9.19. The molecule has 0 heterocycles. The molecule has 27 heavy (non-hydrogen) atoms. The standard InChI is InChI=1S/C17H16F3N3O4/c1-22(2)14-8-7-12(23(25)26)9-13(14)16(24)21-10-11-5-3-4-6-15(11)27-17(18,19)20/h3-9H,10H2,1-2H3,(H,21,24). The summed E-state index contributed by atoms with van der Waals surface area (Å²) in [5.74, 6) is -1.10. The normalized spacial score (nSPS) is 11.0. The first kappa shape index (κ1) is 20.0. The summed E-state index contributed by atoms with van der Waals surface area (Å²) in [4.78, 5) is 24.4. The minimum absolute atomic E-state index is 0.0309. The van der Waals surface area contributed by atoms with E-state index in [0.717, 1.165) is 12.1 Å². The molecule has 0 radical (unpaired) electrons. The van der Waals surface area contributed by atoms with Gasteiger partial charge >= 0.3 is 6.36 Å². The Kier molecular flexibility index (Phi) is 5.88. The molecular weight excluding hydrogens is 367 g/mol. The minimum Gasteiger partial charge on any atom is -0.405 e. The first-order chi connectivity index (χ1) is 12.6. The van der Waals surface area contributed by atoms with E-state index in [1.807, 2.05) is 0 Å². The molecule has 1 amide bonds. The van der Waals surface area contributed by atoms with E-state index in [1.54, 1.807) is 19.0 Å². The number of alkyl halides is 3. The van der Waals surface area contributed by atoms with E-state index in [-0.39, 0.29) is 23.4 Å². The highest BCUT2D eigenvalue weighted by atomic mass is 19.4. The number of ether oxygens (including phenoxy) is 1. The van der Waals surface area contributed by atoms with Gasteiger partial charge in [0.05, 0.1) is 10.5 Å². The number of anilines is 1. The van der Waals surface area contributed by atoms with Crippen LogP contribution in [0.5, 0.6) is 5.75 Å². The molecule has 2 aromatic rings. The maximum Gasteiger partial charge on any atom is 0.573 e. The summed E-state index contributed by atoms with van der Waals surface area (Å²) < 4.78 is 41.3. The average Bonchev–Trinajstić information content (AvgIpc) is 2.58. The van der Waals surface area contributed by atoms with Gasteiger partial charge in [-0.25, -0.2) is 0 Å². The fourth-order valence-electron chi connectivity index (χ4n) is 2.35. The first-order valence-electron chi connectivity index (χ1n) is 7.66. The molecule has 10 heteroatoms. The van der Waals surface area contributed by atoms with Crippen molar-refractivity contribution in [1.29, 1.82) is 0 Å². The second kappa shape index (κ2) is 7.94. The highest BCUT2D eigenvalue weighted by Gasteiger charge is 2.32. The average molecular weight is 383 g/mol. The van der Waals surface area contributed by atoms with Gasteiger partial charge in [-0.15, -0.1) is 13.2 Å². The highest BCUT2D eigenvalue weighted by Crippen LogP contribution is 2.27. The van der Waals surface area contributed by atoms with Crippen LogP contribution in [0.3, 0.4) is 0 Å². The molecule has 0 spiro atoms. The van der Waals surface area contributed by atoms with Crippen molar-refractivity contribution in [1.82, 2.24) is 5.32 Å². The van der Waals surface area contributed by atoms with Gasteiger partial charge in [0.25, 0.3) is 11.6 Å². The molecule has 0 bridgehead atoms. The number of benzene rings is 2. The number of halogens is 3. The smallest absolute Gasteiger partial charge is 0.405 e. The van der Waals surface area contributed by atoms with Crippen LogP contribution in [0.1, 0.15) is 15.9 Å². The van der Waals surface area contributed by atoms with Gasteiger partial charge in [0.1, 0.15) is 5.75 Å². The van der Waals surface area contributed by atoms with Crippen molar-refractivity contribution in [3.63, 3.8) is 0 Å². The van der Waals surface area contributed by atoms with Crippen LogP contribution in [0.4, 0.5) is 24.5 Å². The number of nitro groups is 1. The Morgan fingerprint density at radius 3 is 2.48 bits per heavy atom. The van der Waals surface area contributed by atoms with E-state index < -0.39 is 22.9 Å². The Morgan fingerprint density at radius 1 is 1.22 bits per heavy atom. The molecule has 0 fully saturated rings. The number of hydrogen-bond donors (Lipinski definition) is 1. The number of nitrogens with one attached hydrogen (secondary N) is 1. The summed E-state index contributed by atoms with van der Waals surface area (Å²) in [6.07, 6.45) is -4.86. The Morgan fingerprint density at radius 2 is 1.89 bits per heavy atom. The lowest BCUT2D eigenvalue weighted by molar-refractivity contribution is -0.384. The molecular formula is C17H16F3N3O4. The van der Waals surface area contributed by atoms with Crippen molar-refractivity contribution in [2.45, 2.75) is 12.9 Å². The zero-order valence-electron chi connectivity index (χ0n) is 14.4. The molecule has 2 aromatic carbocycles. The van der Waals surface area contributed by atoms with Crippen LogP contribution in [0.25, 0.3) is 0 Å². The third-order valence-electron chi connectivity index (χ3n) is 3.56. The summed E-state index contributed by atoms with van der Waals surface area (Å²) in [5.41, 5.74) is 0.299. The molecule has 0 aliphatic heterocycles. The van der Waals surface area contributed by atoms with Gasteiger partial charge in [0.15, 0.2) is 0 Å². The second-order valence-electron chi connectivity index (χ2n) is 5.69. The predicted octanol–water partition coefficient (Wildman–Crippen LogP) is 3.49. The molecule has 7 nitrogen and oxygen atoms in total.